The van der Waals surface area contributed by atoms with Crippen molar-refractivity contribution < 1.29 is 14.6 Å². The fourth-order valence-corrected chi connectivity index (χ4v) is 2.56. The van der Waals surface area contributed by atoms with E-state index in [1.165, 1.54) is 0 Å². The van der Waals surface area contributed by atoms with Crippen molar-refractivity contribution in [2.75, 3.05) is 6.61 Å². The van der Waals surface area contributed by atoms with Gasteiger partial charge >= 0.3 is 5.69 Å². The topological polar surface area (TPSA) is 126 Å². The Kier molecular flexibility index (Phi) is 5.88. The standard InChI is InChI=1S/C20H18N4O5/c1-2-29-15-10-8-14(9-11-15)24-19(27)16(18(26)22-20(24)28)12-21-23-17(25)13-6-4-3-5-7-13/h3-12,27H,2H2,1H3,(H,23,25)(H,22,26,28). The number of hydrazone groups is 1. The molecule has 0 spiro atoms. The molecule has 0 bridgehead atoms. The highest BCUT2D eigenvalue weighted by Gasteiger charge is 2.14. The number of benzene rings is 2. The van der Waals surface area contributed by atoms with Gasteiger partial charge in [0.2, 0.25) is 5.88 Å². The van der Waals surface area contributed by atoms with Gasteiger partial charge in [-0.2, -0.15) is 5.10 Å². The Morgan fingerprint density at radius 1 is 1.17 bits per heavy atom. The Bertz CT molecular complexity index is 1150. The number of H-pyrrole nitrogens is 1. The van der Waals surface area contributed by atoms with Gasteiger partial charge in [0.25, 0.3) is 11.5 Å². The first-order chi connectivity index (χ1) is 14.0. The number of aromatic hydroxyl groups is 1. The van der Waals surface area contributed by atoms with Crippen LogP contribution in [0.2, 0.25) is 0 Å². The van der Waals surface area contributed by atoms with E-state index in [-0.39, 0.29) is 5.56 Å². The molecule has 0 aliphatic carbocycles. The minimum absolute atomic E-state index is 0.285. The number of nitrogens with zero attached hydrogens (tertiary/aromatic N) is 2. The van der Waals surface area contributed by atoms with E-state index in [0.29, 0.717) is 23.6 Å². The van der Waals surface area contributed by atoms with Crippen LogP contribution in [0.15, 0.2) is 69.3 Å². The quantitative estimate of drug-likeness (QED) is 0.430. The van der Waals surface area contributed by atoms with Crippen LogP contribution in [0.1, 0.15) is 22.8 Å². The molecular weight excluding hydrogens is 376 g/mol. The third kappa shape index (κ3) is 4.41. The normalized spacial score (nSPS) is 10.8. The molecule has 29 heavy (non-hydrogen) atoms. The smallest absolute Gasteiger partial charge is 0.335 e. The van der Waals surface area contributed by atoms with E-state index in [1.54, 1.807) is 54.6 Å². The zero-order chi connectivity index (χ0) is 20.8. The summed E-state index contributed by atoms with van der Waals surface area (Å²) in [6.45, 7) is 2.33. The average molecular weight is 394 g/mol. The molecular formula is C20H18N4O5. The van der Waals surface area contributed by atoms with Gasteiger partial charge in [-0.3, -0.25) is 14.6 Å². The van der Waals surface area contributed by atoms with Crippen LogP contribution >= 0.6 is 0 Å². The molecule has 0 radical (unpaired) electrons. The Balaban J connectivity index is 1.90. The van der Waals surface area contributed by atoms with Crippen molar-refractivity contribution in [2.45, 2.75) is 6.92 Å². The molecule has 1 aromatic heterocycles. The molecule has 3 rings (SSSR count). The summed E-state index contributed by atoms with van der Waals surface area (Å²) in [5.74, 6) is -0.503. The second-order valence-corrected chi connectivity index (χ2v) is 5.82. The van der Waals surface area contributed by atoms with E-state index in [4.69, 9.17) is 4.74 Å². The third-order valence-corrected chi connectivity index (χ3v) is 3.92. The fraction of sp³-hybridized carbons (Fsp3) is 0.100. The van der Waals surface area contributed by atoms with Crippen LogP contribution in [0.4, 0.5) is 0 Å². The van der Waals surface area contributed by atoms with Crippen LogP contribution in [-0.4, -0.2) is 33.4 Å². The van der Waals surface area contributed by atoms with E-state index in [2.05, 4.69) is 15.5 Å². The van der Waals surface area contributed by atoms with E-state index in [9.17, 15) is 19.5 Å². The van der Waals surface area contributed by atoms with Gasteiger partial charge in [0.05, 0.1) is 18.5 Å². The lowest BCUT2D eigenvalue weighted by atomic mass is 10.2. The van der Waals surface area contributed by atoms with Crippen molar-refractivity contribution in [3.63, 3.8) is 0 Å². The van der Waals surface area contributed by atoms with Crippen LogP contribution in [0.3, 0.4) is 0 Å². The molecule has 3 aromatic rings. The summed E-state index contributed by atoms with van der Waals surface area (Å²) < 4.78 is 6.26. The molecule has 0 saturated heterocycles. The van der Waals surface area contributed by atoms with Gasteiger partial charge in [-0.15, -0.1) is 0 Å². The van der Waals surface area contributed by atoms with E-state index in [1.807, 2.05) is 6.92 Å². The minimum atomic E-state index is -0.840. The van der Waals surface area contributed by atoms with Gasteiger partial charge in [0, 0.05) is 5.56 Å². The molecule has 0 aliphatic rings. The van der Waals surface area contributed by atoms with Gasteiger partial charge in [-0.05, 0) is 43.3 Å². The highest BCUT2D eigenvalue weighted by atomic mass is 16.5. The summed E-state index contributed by atoms with van der Waals surface area (Å²) in [4.78, 5) is 38.4. The predicted molar refractivity (Wildman–Crippen MR) is 107 cm³/mol. The molecule has 9 nitrogen and oxygen atoms in total. The lowest BCUT2D eigenvalue weighted by molar-refractivity contribution is 0.0955. The number of rotatable bonds is 6. The second-order valence-electron chi connectivity index (χ2n) is 5.82. The maximum atomic E-state index is 12.2. The molecule has 1 amide bonds. The average Bonchev–Trinajstić information content (AvgIpc) is 2.72. The van der Waals surface area contributed by atoms with Crippen molar-refractivity contribution >= 4 is 12.1 Å². The largest absolute Gasteiger partial charge is 0.494 e. The maximum absolute atomic E-state index is 12.2. The first-order valence-electron chi connectivity index (χ1n) is 8.71. The number of aromatic amines is 1. The van der Waals surface area contributed by atoms with Gasteiger partial charge in [-0.1, -0.05) is 18.2 Å². The summed E-state index contributed by atoms with van der Waals surface area (Å²) in [6.07, 6.45) is 0.972. The van der Waals surface area contributed by atoms with Crippen molar-refractivity contribution in [3.8, 4) is 17.3 Å². The summed E-state index contributed by atoms with van der Waals surface area (Å²) in [5.41, 5.74) is 1.01. The molecule has 2 aromatic carbocycles. The highest BCUT2D eigenvalue weighted by Crippen LogP contribution is 2.18. The number of hydrogen-bond acceptors (Lipinski definition) is 6. The van der Waals surface area contributed by atoms with Gasteiger partial charge in [0.15, 0.2) is 0 Å². The van der Waals surface area contributed by atoms with Crippen molar-refractivity contribution in [1.29, 1.82) is 0 Å². The summed E-state index contributed by atoms with van der Waals surface area (Å²) in [6, 6.07) is 14.7. The first kappa shape index (κ1) is 19.6. The summed E-state index contributed by atoms with van der Waals surface area (Å²) in [7, 11) is 0. The predicted octanol–water partition coefficient (Wildman–Crippen LogP) is 1.39. The number of aromatic nitrogens is 2. The monoisotopic (exact) mass is 394 g/mol. The highest BCUT2D eigenvalue weighted by molar-refractivity contribution is 5.94. The first-order valence-corrected chi connectivity index (χ1v) is 8.71. The zero-order valence-corrected chi connectivity index (χ0v) is 15.5. The Labute approximate surface area is 164 Å². The molecule has 0 fully saturated rings. The number of amides is 1. The maximum Gasteiger partial charge on any atom is 0.335 e. The number of carbonyl (C=O) groups is 1. The fourth-order valence-electron chi connectivity index (χ4n) is 2.56. The van der Waals surface area contributed by atoms with Gasteiger partial charge in [-0.25, -0.2) is 14.8 Å². The molecule has 1 heterocycles. The molecule has 0 aliphatic heterocycles. The molecule has 148 valence electrons. The number of hydrogen-bond donors (Lipinski definition) is 3. The van der Waals surface area contributed by atoms with Crippen LogP contribution in [-0.2, 0) is 0 Å². The summed E-state index contributed by atoms with van der Waals surface area (Å²) in [5, 5.41) is 14.2. The number of nitrogens with one attached hydrogen (secondary N) is 2. The van der Waals surface area contributed by atoms with Crippen LogP contribution < -0.4 is 21.4 Å². The molecule has 0 saturated carbocycles. The SMILES string of the molecule is CCOc1ccc(-n2c(O)c(C=NNC(=O)c3ccccc3)c(=O)[nH]c2=O)cc1. The Morgan fingerprint density at radius 3 is 2.52 bits per heavy atom. The van der Waals surface area contributed by atoms with Crippen molar-refractivity contribution in [2.24, 2.45) is 5.10 Å². The number of ether oxygens (including phenoxy) is 1. The Hall–Kier alpha value is -4.14. The Morgan fingerprint density at radius 2 is 1.86 bits per heavy atom. The van der Waals surface area contributed by atoms with Gasteiger partial charge in [0.1, 0.15) is 11.3 Å². The van der Waals surface area contributed by atoms with Crippen LogP contribution in [0, 0.1) is 0 Å². The van der Waals surface area contributed by atoms with Crippen LogP contribution in [0.25, 0.3) is 5.69 Å². The number of carbonyl (C=O) groups excluding carboxylic acids is 1. The second kappa shape index (κ2) is 8.70. The van der Waals surface area contributed by atoms with E-state index in [0.717, 1.165) is 10.8 Å². The van der Waals surface area contributed by atoms with Gasteiger partial charge < -0.3 is 9.84 Å². The molecule has 9 heteroatoms. The molecule has 3 N–H and O–H groups in total. The lowest BCUT2D eigenvalue weighted by Crippen LogP contribution is -2.31. The minimum Gasteiger partial charge on any atom is -0.494 e. The molecule has 0 unspecified atom stereocenters. The van der Waals surface area contributed by atoms with Crippen molar-refractivity contribution in [3.05, 3.63) is 86.6 Å². The van der Waals surface area contributed by atoms with Crippen LogP contribution in [0.5, 0.6) is 11.6 Å². The van der Waals surface area contributed by atoms with E-state index < -0.39 is 23.0 Å². The van der Waals surface area contributed by atoms with E-state index >= 15 is 0 Å². The lowest BCUT2D eigenvalue weighted by Gasteiger charge is -2.10. The molecule has 0 atom stereocenters. The summed E-state index contributed by atoms with van der Waals surface area (Å²) >= 11 is 0. The zero-order valence-electron chi connectivity index (χ0n) is 15.5. The third-order valence-electron chi connectivity index (χ3n) is 3.92. The van der Waals surface area contributed by atoms with Crippen molar-refractivity contribution in [1.82, 2.24) is 15.0 Å².